The Morgan fingerprint density at radius 2 is 0.946 bits per heavy atom. The minimum Gasteiger partial charge on any atom is -0.423 e. The van der Waals surface area contributed by atoms with Crippen molar-refractivity contribution >= 4 is 44.9 Å². The predicted octanol–water partition coefficient (Wildman–Crippen LogP) is 11.8. The molecule has 56 heavy (non-hydrogen) atoms. The van der Waals surface area contributed by atoms with E-state index >= 15 is 0 Å². The van der Waals surface area contributed by atoms with Crippen LogP contribution in [0.2, 0.25) is 0 Å². The Bertz CT molecular complexity index is 2930. The van der Waals surface area contributed by atoms with E-state index in [2.05, 4.69) is 155 Å². The van der Waals surface area contributed by atoms with Crippen molar-refractivity contribution in [3.05, 3.63) is 150 Å². The summed E-state index contributed by atoms with van der Waals surface area (Å²) in [5, 5.41) is 29.8. The summed E-state index contributed by atoms with van der Waals surface area (Å²) in [6.07, 6.45) is 0. The highest BCUT2D eigenvalue weighted by Gasteiger charge is 2.41. The third-order valence-corrected chi connectivity index (χ3v) is 13.7. The maximum Gasteiger partial charge on any atom is 0.492 e. The Labute approximate surface area is 330 Å². The second-order valence-corrected chi connectivity index (χ2v) is 18.3. The summed E-state index contributed by atoms with van der Waals surface area (Å²) in [4.78, 5) is 0. The van der Waals surface area contributed by atoms with E-state index in [1.807, 2.05) is 13.8 Å². The first kappa shape index (κ1) is 35.2. The number of fused-ring (bicyclic) bond motifs is 6. The van der Waals surface area contributed by atoms with Crippen LogP contribution in [0.4, 0.5) is 0 Å². The van der Waals surface area contributed by atoms with Crippen LogP contribution in [0.3, 0.4) is 0 Å². The van der Waals surface area contributed by atoms with E-state index in [4.69, 9.17) is 4.65 Å². The molecule has 0 saturated heterocycles. The van der Waals surface area contributed by atoms with Gasteiger partial charge in [-0.2, -0.15) is 0 Å². The monoisotopic (exact) mass is 730 g/mol. The minimum absolute atomic E-state index is 0.103. The van der Waals surface area contributed by atoms with Crippen molar-refractivity contribution in [1.82, 2.24) is 0 Å². The average Bonchev–Trinajstić information content (AvgIpc) is 3.55. The van der Waals surface area contributed by atoms with Gasteiger partial charge in [0.15, 0.2) is 0 Å². The standard InChI is InChI=1S/C52H47BO3/c1-49(2)42-15-11-9-13-34(42)36-22-19-31(27-44(36)49)33-21-17-30-18-24-39-41(32-20-23-37-35-14-10-12-16-43(35)50(3,4)45(37)28-32)29-46(40-26-25-38(33)47(30)48(39)40)53(55)56-52(7,8)51(5,6)54/h9-29,54-55H,1-8H3. The Hall–Kier alpha value is -5.26. The molecule has 2 aliphatic carbocycles. The summed E-state index contributed by atoms with van der Waals surface area (Å²) in [6, 6.07) is 46.9. The number of hydrogen-bond donors (Lipinski definition) is 2. The van der Waals surface area contributed by atoms with E-state index < -0.39 is 18.3 Å². The molecule has 8 aromatic rings. The van der Waals surface area contributed by atoms with Crippen LogP contribution >= 0.6 is 0 Å². The molecule has 0 aromatic heterocycles. The highest BCUT2D eigenvalue weighted by molar-refractivity contribution is 6.64. The molecule has 3 nitrogen and oxygen atoms in total. The molecule has 0 unspecified atom stereocenters. The summed E-state index contributed by atoms with van der Waals surface area (Å²) in [5.74, 6) is 0. The average molecular weight is 731 g/mol. The molecular formula is C52H47BO3. The van der Waals surface area contributed by atoms with Gasteiger partial charge in [-0.05, 0) is 144 Å². The van der Waals surface area contributed by atoms with Crippen LogP contribution in [-0.2, 0) is 15.5 Å². The van der Waals surface area contributed by atoms with Crippen LogP contribution in [0.5, 0.6) is 0 Å². The minimum atomic E-state index is -1.28. The summed E-state index contributed by atoms with van der Waals surface area (Å²) in [6.45, 7) is 16.4. The fourth-order valence-corrected chi connectivity index (χ4v) is 9.85. The van der Waals surface area contributed by atoms with Crippen molar-refractivity contribution in [2.75, 3.05) is 0 Å². The molecule has 276 valence electrons. The quantitative estimate of drug-likeness (QED) is 0.132. The number of aliphatic hydroxyl groups is 1. The molecule has 2 N–H and O–H groups in total. The zero-order chi connectivity index (χ0) is 39.1. The van der Waals surface area contributed by atoms with Crippen LogP contribution in [0.25, 0.3) is 76.8 Å². The zero-order valence-electron chi connectivity index (χ0n) is 33.5. The molecule has 0 saturated carbocycles. The van der Waals surface area contributed by atoms with E-state index in [1.54, 1.807) is 13.8 Å². The molecule has 0 amide bonds. The third-order valence-electron chi connectivity index (χ3n) is 13.7. The first-order valence-electron chi connectivity index (χ1n) is 19.9. The van der Waals surface area contributed by atoms with Crippen molar-refractivity contribution in [2.45, 2.75) is 77.4 Å². The molecule has 0 bridgehead atoms. The van der Waals surface area contributed by atoms with Crippen molar-refractivity contribution in [3.8, 4) is 44.5 Å². The van der Waals surface area contributed by atoms with Gasteiger partial charge in [0.25, 0.3) is 0 Å². The van der Waals surface area contributed by atoms with E-state index in [-0.39, 0.29) is 10.8 Å². The van der Waals surface area contributed by atoms with Crippen LogP contribution in [0, 0.1) is 0 Å². The Morgan fingerprint density at radius 1 is 0.482 bits per heavy atom. The lowest BCUT2D eigenvalue weighted by Crippen LogP contribution is -2.53. The molecule has 0 atom stereocenters. The van der Waals surface area contributed by atoms with Crippen molar-refractivity contribution in [1.29, 1.82) is 0 Å². The van der Waals surface area contributed by atoms with Crippen LogP contribution in [-0.4, -0.2) is 28.5 Å². The Kier molecular flexibility index (Phi) is 7.32. The van der Waals surface area contributed by atoms with Gasteiger partial charge in [-0.3, -0.25) is 0 Å². The van der Waals surface area contributed by atoms with Crippen LogP contribution in [0.15, 0.2) is 127 Å². The largest absolute Gasteiger partial charge is 0.492 e. The zero-order valence-corrected chi connectivity index (χ0v) is 33.5. The highest BCUT2D eigenvalue weighted by atomic mass is 16.5. The fraction of sp³-hybridized carbons (Fsp3) is 0.231. The van der Waals surface area contributed by atoms with E-state index in [0.717, 1.165) is 32.7 Å². The topological polar surface area (TPSA) is 49.7 Å². The van der Waals surface area contributed by atoms with Gasteiger partial charge in [0.2, 0.25) is 0 Å². The van der Waals surface area contributed by atoms with Gasteiger partial charge in [-0.1, -0.05) is 143 Å². The van der Waals surface area contributed by atoms with E-state index in [1.165, 1.54) is 66.4 Å². The molecule has 2 aliphatic rings. The van der Waals surface area contributed by atoms with Gasteiger partial charge in [-0.15, -0.1) is 0 Å². The highest BCUT2D eigenvalue weighted by Crippen LogP contribution is 2.52. The van der Waals surface area contributed by atoms with Crippen LogP contribution < -0.4 is 5.46 Å². The molecular weight excluding hydrogens is 683 g/mol. The van der Waals surface area contributed by atoms with E-state index in [9.17, 15) is 10.1 Å². The maximum atomic E-state index is 12.1. The number of rotatable bonds is 6. The first-order valence-corrected chi connectivity index (χ1v) is 19.9. The predicted molar refractivity (Wildman–Crippen MR) is 235 cm³/mol. The van der Waals surface area contributed by atoms with E-state index in [0.29, 0.717) is 5.46 Å². The molecule has 0 fully saturated rings. The molecule has 8 aromatic carbocycles. The van der Waals surface area contributed by atoms with Gasteiger partial charge in [-0.25, -0.2) is 0 Å². The SMILES string of the molecule is CC1(C)c2ccccc2-c2ccc(-c3ccc4ccc5c(-c6ccc7c(c6)C(C)(C)c6ccccc6-7)cc(B(O)OC(C)(C)C(C)(C)O)c6ccc3c4c65)cc21. The van der Waals surface area contributed by atoms with Gasteiger partial charge >= 0.3 is 7.12 Å². The molecule has 0 spiro atoms. The molecule has 0 radical (unpaired) electrons. The fourth-order valence-electron chi connectivity index (χ4n) is 9.85. The smallest absolute Gasteiger partial charge is 0.423 e. The Morgan fingerprint density at radius 3 is 1.54 bits per heavy atom. The second kappa shape index (κ2) is 11.6. The lowest BCUT2D eigenvalue weighted by molar-refractivity contribution is -0.0982. The second-order valence-electron chi connectivity index (χ2n) is 18.3. The number of hydrogen-bond acceptors (Lipinski definition) is 3. The van der Waals surface area contributed by atoms with Gasteiger partial charge < -0.3 is 14.8 Å². The maximum absolute atomic E-state index is 12.1. The van der Waals surface area contributed by atoms with Crippen molar-refractivity contribution in [3.63, 3.8) is 0 Å². The lowest BCUT2D eigenvalue weighted by atomic mass is 9.71. The summed E-state index contributed by atoms with van der Waals surface area (Å²) in [5.41, 5.74) is 13.3. The normalized spacial score (nSPS) is 15.3. The molecule has 0 heterocycles. The van der Waals surface area contributed by atoms with Crippen molar-refractivity contribution < 1.29 is 14.8 Å². The number of benzene rings is 8. The van der Waals surface area contributed by atoms with Gasteiger partial charge in [0.1, 0.15) is 0 Å². The van der Waals surface area contributed by atoms with Gasteiger partial charge in [0, 0.05) is 10.8 Å². The molecule has 4 heteroatoms. The first-order chi connectivity index (χ1) is 26.6. The molecule has 10 rings (SSSR count). The lowest BCUT2D eigenvalue weighted by Gasteiger charge is -2.38. The van der Waals surface area contributed by atoms with Crippen LogP contribution in [0.1, 0.15) is 77.6 Å². The van der Waals surface area contributed by atoms with Crippen molar-refractivity contribution in [2.24, 2.45) is 0 Å². The Balaban J connectivity index is 1.22. The summed E-state index contributed by atoms with van der Waals surface area (Å²) >= 11 is 0. The van der Waals surface area contributed by atoms with Gasteiger partial charge in [0.05, 0.1) is 11.2 Å². The summed E-state index contributed by atoms with van der Waals surface area (Å²) < 4.78 is 6.41. The third kappa shape index (κ3) is 4.83. The molecule has 0 aliphatic heterocycles. The summed E-state index contributed by atoms with van der Waals surface area (Å²) in [7, 11) is -1.28.